The molecule has 0 bridgehead atoms. The molecular weight excluding hydrogens is 208 g/mol. The Bertz CT molecular complexity index is 464. The third kappa shape index (κ3) is 2.05. The second kappa shape index (κ2) is 4.23. The molecule has 1 N–H and O–H groups in total. The lowest BCUT2D eigenvalue weighted by Gasteiger charge is -1.93. The molecular formula is C11H9N2OS. The molecule has 0 saturated carbocycles. The zero-order chi connectivity index (χ0) is 10.7. The number of benzene rings is 1. The summed E-state index contributed by atoms with van der Waals surface area (Å²) in [5.74, 6) is -0.144. The number of thiazole rings is 1. The molecule has 75 valence electrons. The van der Waals surface area contributed by atoms with Crippen molar-refractivity contribution < 1.29 is 4.79 Å². The molecule has 0 aliphatic carbocycles. The van der Waals surface area contributed by atoms with E-state index < -0.39 is 0 Å². The van der Waals surface area contributed by atoms with Crippen LogP contribution in [0.1, 0.15) is 9.67 Å². The van der Waals surface area contributed by atoms with Crippen LogP contribution in [-0.4, -0.2) is 17.9 Å². The molecule has 0 atom stereocenters. The van der Waals surface area contributed by atoms with Crippen molar-refractivity contribution in [2.24, 2.45) is 0 Å². The van der Waals surface area contributed by atoms with Gasteiger partial charge >= 0.3 is 0 Å². The number of nitrogens with zero attached hydrogens (tertiary/aromatic N) is 1. The van der Waals surface area contributed by atoms with Crippen LogP contribution in [0.4, 0.5) is 0 Å². The van der Waals surface area contributed by atoms with Crippen LogP contribution in [0.5, 0.6) is 0 Å². The minimum Gasteiger partial charge on any atom is -0.354 e. The Labute approximate surface area is 91.8 Å². The Balaban J connectivity index is 2.32. The molecule has 0 aliphatic heterocycles. The summed E-state index contributed by atoms with van der Waals surface area (Å²) in [7, 11) is 1.60. The van der Waals surface area contributed by atoms with E-state index >= 15 is 0 Å². The first-order valence-electron chi connectivity index (χ1n) is 4.47. The van der Waals surface area contributed by atoms with Crippen LogP contribution in [0.25, 0.3) is 10.6 Å². The Morgan fingerprint density at radius 1 is 1.40 bits per heavy atom. The molecule has 2 aromatic rings. The number of carbonyl (C=O) groups is 1. The maximum absolute atomic E-state index is 11.3. The van der Waals surface area contributed by atoms with Crippen molar-refractivity contribution in [3.05, 3.63) is 41.4 Å². The molecule has 0 fully saturated rings. The lowest BCUT2D eigenvalue weighted by atomic mass is 10.2. The predicted octanol–water partition coefficient (Wildman–Crippen LogP) is 1.97. The van der Waals surface area contributed by atoms with Gasteiger partial charge in [0, 0.05) is 12.6 Å². The molecule has 2 rings (SSSR count). The summed E-state index contributed by atoms with van der Waals surface area (Å²) in [6.07, 6.45) is 2.71. The largest absolute Gasteiger partial charge is 0.354 e. The van der Waals surface area contributed by atoms with Gasteiger partial charge in [-0.1, -0.05) is 30.3 Å². The Hall–Kier alpha value is -1.68. The average Bonchev–Trinajstić information content (AvgIpc) is 2.78. The topological polar surface area (TPSA) is 42.0 Å². The minimum absolute atomic E-state index is 0.144. The second-order valence-electron chi connectivity index (χ2n) is 2.91. The minimum atomic E-state index is -0.144. The highest BCUT2D eigenvalue weighted by molar-refractivity contribution is 7.16. The van der Waals surface area contributed by atoms with Crippen LogP contribution in [0.2, 0.25) is 0 Å². The molecule has 3 nitrogen and oxygen atoms in total. The first-order chi connectivity index (χ1) is 7.31. The highest BCUT2D eigenvalue weighted by Gasteiger charge is 2.09. The second-order valence-corrected chi connectivity index (χ2v) is 3.90. The van der Waals surface area contributed by atoms with E-state index in [-0.39, 0.29) is 5.91 Å². The van der Waals surface area contributed by atoms with Crippen LogP contribution < -0.4 is 5.32 Å². The monoisotopic (exact) mass is 217 g/mol. The summed E-state index contributed by atoms with van der Waals surface area (Å²) < 4.78 is 0. The van der Waals surface area contributed by atoms with E-state index in [1.54, 1.807) is 7.05 Å². The third-order valence-corrected chi connectivity index (χ3v) is 2.91. The number of carbonyl (C=O) groups excluding carboxylic acids is 1. The Morgan fingerprint density at radius 3 is 2.80 bits per heavy atom. The van der Waals surface area contributed by atoms with E-state index in [1.807, 2.05) is 30.3 Å². The zero-order valence-electron chi connectivity index (χ0n) is 8.15. The van der Waals surface area contributed by atoms with E-state index in [0.717, 1.165) is 10.6 Å². The number of rotatable bonds is 2. The van der Waals surface area contributed by atoms with Gasteiger partial charge in [-0.2, -0.15) is 0 Å². The van der Waals surface area contributed by atoms with Gasteiger partial charge in [-0.15, -0.1) is 11.3 Å². The van der Waals surface area contributed by atoms with Gasteiger partial charge in [0.2, 0.25) is 0 Å². The van der Waals surface area contributed by atoms with E-state index in [9.17, 15) is 4.79 Å². The van der Waals surface area contributed by atoms with Crippen LogP contribution >= 0.6 is 11.3 Å². The Morgan fingerprint density at radius 2 is 2.13 bits per heavy atom. The fourth-order valence-corrected chi connectivity index (χ4v) is 1.98. The standard InChI is InChI=1S/C11H9N2OS/c1-12-10(14)9-7-13-11(15-9)8-5-3-2-4-6-8/h2-6H,1H3,(H,12,14). The van der Waals surface area contributed by atoms with Crippen molar-refractivity contribution in [3.8, 4) is 10.6 Å². The summed E-state index contributed by atoms with van der Waals surface area (Å²) in [6.45, 7) is 0. The van der Waals surface area contributed by atoms with Gasteiger partial charge in [-0.25, -0.2) is 4.98 Å². The molecule has 0 unspecified atom stereocenters. The fraction of sp³-hybridized carbons (Fsp3) is 0.0909. The first-order valence-corrected chi connectivity index (χ1v) is 5.29. The van der Waals surface area contributed by atoms with Crippen molar-refractivity contribution in [3.63, 3.8) is 0 Å². The summed E-state index contributed by atoms with van der Waals surface area (Å²) in [5.41, 5.74) is 1.01. The lowest BCUT2D eigenvalue weighted by Crippen LogP contribution is -2.16. The molecule has 1 heterocycles. The summed E-state index contributed by atoms with van der Waals surface area (Å²) in [5, 5.41) is 3.36. The van der Waals surface area contributed by atoms with Crippen molar-refractivity contribution in [1.82, 2.24) is 10.3 Å². The number of aromatic nitrogens is 1. The van der Waals surface area contributed by atoms with Crippen LogP contribution in [0.15, 0.2) is 30.3 Å². The van der Waals surface area contributed by atoms with Crippen molar-refractivity contribution in [2.75, 3.05) is 7.05 Å². The molecule has 15 heavy (non-hydrogen) atoms. The molecule has 0 aliphatic rings. The molecule has 4 heteroatoms. The number of hydrogen-bond acceptors (Lipinski definition) is 3. The molecule has 1 aromatic heterocycles. The van der Waals surface area contributed by atoms with Gasteiger partial charge in [0.1, 0.15) is 16.1 Å². The molecule has 0 saturated heterocycles. The first kappa shape index (κ1) is 9.86. The van der Waals surface area contributed by atoms with Crippen LogP contribution in [0, 0.1) is 6.20 Å². The average molecular weight is 217 g/mol. The SMILES string of the molecule is CNC(=O)c1[c]nc(-c2ccccc2)s1. The van der Waals surface area contributed by atoms with Crippen LogP contribution in [0.3, 0.4) is 0 Å². The number of amides is 1. The molecule has 1 amide bonds. The van der Waals surface area contributed by atoms with Crippen molar-refractivity contribution in [2.45, 2.75) is 0 Å². The van der Waals surface area contributed by atoms with Crippen molar-refractivity contribution in [1.29, 1.82) is 0 Å². The summed E-state index contributed by atoms with van der Waals surface area (Å²) >= 11 is 1.34. The molecule has 1 radical (unpaired) electrons. The highest BCUT2D eigenvalue weighted by atomic mass is 32.1. The van der Waals surface area contributed by atoms with E-state index in [2.05, 4.69) is 16.5 Å². The van der Waals surface area contributed by atoms with Gasteiger partial charge in [0.05, 0.1) is 0 Å². The maximum Gasteiger partial charge on any atom is 0.263 e. The van der Waals surface area contributed by atoms with Gasteiger partial charge in [-0.3, -0.25) is 4.79 Å². The normalized spacial score (nSPS) is 9.93. The zero-order valence-corrected chi connectivity index (χ0v) is 8.97. The highest BCUT2D eigenvalue weighted by Crippen LogP contribution is 2.24. The fourth-order valence-electron chi connectivity index (χ4n) is 1.16. The van der Waals surface area contributed by atoms with Crippen molar-refractivity contribution >= 4 is 17.2 Å². The number of nitrogens with one attached hydrogen (secondary N) is 1. The van der Waals surface area contributed by atoms with Crippen LogP contribution in [-0.2, 0) is 0 Å². The van der Waals surface area contributed by atoms with E-state index in [4.69, 9.17) is 0 Å². The van der Waals surface area contributed by atoms with Gasteiger partial charge in [0.25, 0.3) is 5.91 Å². The third-order valence-electron chi connectivity index (χ3n) is 1.91. The Kier molecular flexibility index (Phi) is 2.78. The van der Waals surface area contributed by atoms with Gasteiger partial charge in [0.15, 0.2) is 0 Å². The quantitative estimate of drug-likeness (QED) is 0.835. The summed E-state index contributed by atoms with van der Waals surface area (Å²) in [6, 6.07) is 9.74. The van der Waals surface area contributed by atoms with E-state index in [0.29, 0.717) is 4.88 Å². The predicted molar refractivity (Wildman–Crippen MR) is 59.8 cm³/mol. The maximum atomic E-state index is 11.3. The lowest BCUT2D eigenvalue weighted by molar-refractivity contribution is 0.0966. The number of hydrogen-bond donors (Lipinski definition) is 1. The van der Waals surface area contributed by atoms with Gasteiger partial charge in [-0.05, 0) is 0 Å². The summed E-state index contributed by atoms with van der Waals surface area (Å²) in [4.78, 5) is 15.9. The molecule has 1 aromatic carbocycles. The van der Waals surface area contributed by atoms with E-state index in [1.165, 1.54) is 11.3 Å². The smallest absolute Gasteiger partial charge is 0.263 e. The van der Waals surface area contributed by atoms with Gasteiger partial charge < -0.3 is 5.32 Å². The molecule has 0 spiro atoms.